The second-order valence-corrected chi connectivity index (χ2v) is 5.07. The third-order valence-electron chi connectivity index (χ3n) is 3.74. The first-order valence-corrected chi connectivity index (χ1v) is 6.75. The number of benzene rings is 1. The van der Waals surface area contributed by atoms with Gasteiger partial charge in [-0.15, -0.1) is 0 Å². The maximum Gasteiger partial charge on any atom is 0.338 e. The first kappa shape index (κ1) is 12.2. The van der Waals surface area contributed by atoms with Crippen molar-refractivity contribution in [3.05, 3.63) is 35.0 Å². The predicted molar refractivity (Wildman–Crippen MR) is 74.3 cm³/mol. The van der Waals surface area contributed by atoms with Crippen LogP contribution in [0.1, 0.15) is 35.0 Å². The molecule has 1 atom stereocenters. The molecule has 0 saturated heterocycles. The second kappa shape index (κ2) is 4.70. The highest BCUT2D eigenvalue weighted by molar-refractivity contribution is 5.96. The van der Waals surface area contributed by atoms with Crippen molar-refractivity contribution in [2.75, 3.05) is 6.61 Å². The second-order valence-electron chi connectivity index (χ2n) is 5.07. The quantitative estimate of drug-likeness (QED) is 0.811. The molecule has 4 heteroatoms. The molecule has 0 amide bonds. The van der Waals surface area contributed by atoms with E-state index >= 15 is 0 Å². The van der Waals surface area contributed by atoms with Crippen LogP contribution in [0.3, 0.4) is 0 Å². The molecule has 1 unspecified atom stereocenters. The summed E-state index contributed by atoms with van der Waals surface area (Å²) in [6, 6.07) is 5.90. The zero-order valence-corrected chi connectivity index (χ0v) is 11.0. The molecule has 4 nitrogen and oxygen atoms in total. The van der Waals surface area contributed by atoms with Crippen molar-refractivity contribution in [3.63, 3.8) is 0 Å². The van der Waals surface area contributed by atoms with E-state index in [0.717, 1.165) is 30.2 Å². The number of aromatic amines is 1. The minimum Gasteiger partial charge on any atom is -0.462 e. The summed E-state index contributed by atoms with van der Waals surface area (Å²) in [5.41, 5.74) is 10.2. The molecule has 0 bridgehead atoms. The molecule has 1 aliphatic rings. The fourth-order valence-corrected chi connectivity index (χ4v) is 2.79. The predicted octanol–water partition coefficient (Wildman–Crippen LogP) is 2.16. The Morgan fingerprint density at radius 2 is 2.37 bits per heavy atom. The van der Waals surface area contributed by atoms with Gasteiger partial charge in [0, 0.05) is 22.6 Å². The van der Waals surface area contributed by atoms with Crippen molar-refractivity contribution < 1.29 is 9.53 Å². The van der Waals surface area contributed by atoms with Gasteiger partial charge >= 0.3 is 5.97 Å². The molecule has 0 radical (unpaired) electrons. The van der Waals surface area contributed by atoms with Crippen LogP contribution in [0, 0.1) is 0 Å². The van der Waals surface area contributed by atoms with Gasteiger partial charge in [0.05, 0.1) is 12.2 Å². The Bertz CT molecular complexity index is 630. The number of ether oxygens (including phenoxy) is 1. The number of nitrogens with one attached hydrogen (secondary N) is 1. The summed E-state index contributed by atoms with van der Waals surface area (Å²) in [4.78, 5) is 15.2. The number of hydrogen-bond acceptors (Lipinski definition) is 3. The number of fused-ring (bicyclic) bond motifs is 3. The fraction of sp³-hybridized carbons (Fsp3) is 0.400. The van der Waals surface area contributed by atoms with Crippen LogP contribution in [0.15, 0.2) is 18.2 Å². The molecule has 1 aromatic heterocycles. The lowest BCUT2D eigenvalue weighted by atomic mass is 9.92. The van der Waals surface area contributed by atoms with Crippen molar-refractivity contribution in [3.8, 4) is 0 Å². The van der Waals surface area contributed by atoms with Crippen LogP contribution >= 0.6 is 0 Å². The summed E-state index contributed by atoms with van der Waals surface area (Å²) in [7, 11) is 0. The summed E-state index contributed by atoms with van der Waals surface area (Å²) in [6.07, 6.45) is 2.88. The standard InChI is InChI=1S/C15H18N2O2/c1-2-19-15(18)9-3-5-13-11(7-9)12-8-10(16)4-6-14(12)17-13/h3,5,7,10,17H,2,4,6,8,16H2,1H3. The Kier molecular flexibility index (Phi) is 3.03. The van der Waals surface area contributed by atoms with Gasteiger partial charge in [0.1, 0.15) is 0 Å². The highest BCUT2D eigenvalue weighted by atomic mass is 16.5. The maximum absolute atomic E-state index is 11.8. The molecule has 0 aliphatic heterocycles. The molecule has 0 fully saturated rings. The van der Waals surface area contributed by atoms with Gasteiger partial charge in [-0.2, -0.15) is 0 Å². The zero-order valence-electron chi connectivity index (χ0n) is 11.0. The Morgan fingerprint density at radius 1 is 1.53 bits per heavy atom. The van der Waals surface area contributed by atoms with Gasteiger partial charge in [0.25, 0.3) is 0 Å². The highest BCUT2D eigenvalue weighted by Gasteiger charge is 2.20. The van der Waals surface area contributed by atoms with E-state index in [4.69, 9.17) is 10.5 Å². The lowest BCUT2D eigenvalue weighted by molar-refractivity contribution is 0.0526. The molecule has 0 saturated carbocycles. The molecule has 2 aromatic rings. The average Bonchev–Trinajstić information content (AvgIpc) is 2.76. The van der Waals surface area contributed by atoms with Crippen LogP contribution in [-0.4, -0.2) is 23.6 Å². The Labute approximate surface area is 111 Å². The van der Waals surface area contributed by atoms with Crippen LogP contribution in [0.25, 0.3) is 10.9 Å². The Balaban J connectivity index is 2.07. The Morgan fingerprint density at radius 3 is 3.16 bits per heavy atom. The SMILES string of the molecule is CCOC(=O)c1ccc2[nH]c3c(c2c1)CC(N)CC3. The lowest BCUT2D eigenvalue weighted by Crippen LogP contribution is -2.27. The number of rotatable bonds is 2. The molecule has 3 rings (SSSR count). The summed E-state index contributed by atoms with van der Waals surface area (Å²) in [5.74, 6) is -0.264. The van der Waals surface area contributed by atoms with Crippen molar-refractivity contribution in [2.45, 2.75) is 32.2 Å². The molecule has 0 spiro atoms. The van der Waals surface area contributed by atoms with E-state index in [1.165, 1.54) is 11.3 Å². The van der Waals surface area contributed by atoms with Crippen LogP contribution in [0.5, 0.6) is 0 Å². The zero-order chi connectivity index (χ0) is 13.4. The van der Waals surface area contributed by atoms with E-state index in [1.54, 1.807) is 0 Å². The fourth-order valence-electron chi connectivity index (χ4n) is 2.79. The molecular formula is C15H18N2O2. The first-order chi connectivity index (χ1) is 9.19. The van der Waals surface area contributed by atoms with Gasteiger partial charge in [-0.25, -0.2) is 4.79 Å². The minimum absolute atomic E-state index is 0.220. The molecule has 3 N–H and O–H groups in total. The van der Waals surface area contributed by atoms with Gasteiger partial charge in [-0.3, -0.25) is 0 Å². The monoisotopic (exact) mass is 258 g/mol. The molecule has 1 heterocycles. The number of carbonyl (C=O) groups excluding carboxylic acids is 1. The van der Waals surface area contributed by atoms with Gasteiger partial charge in [0.2, 0.25) is 0 Å². The van der Waals surface area contributed by atoms with Crippen molar-refractivity contribution in [1.29, 1.82) is 0 Å². The minimum atomic E-state index is -0.264. The molecular weight excluding hydrogens is 240 g/mol. The van der Waals surface area contributed by atoms with E-state index in [0.29, 0.717) is 12.2 Å². The van der Waals surface area contributed by atoms with Crippen molar-refractivity contribution in [2.24, 2.45) is 5.73 Å². The van der Waals surface area contributed by atoms with Crippen LogP contribution in [-0.2, 0) is 17.6 Å². The summed E-state index contributed by atoms with van der Waals surface area (Å²) in [6.45, 7) is 2.21. The van der Waals surface area contributed by atoms with E-state index in [9.17, 15) is 4.79 Å². The van der Waals surface area contributed by atoms with Crippen molar-refractivity contribution >= 4 is 16.9 Å². The van der Waals surface area contributed by atoms with E-state index in [2.05, 4.69) is 4.98 Å². The third-order valence-corrected chi connectivity index (χ3v) is 3.74. The number of aromatic nitrogens is 1. The van der Waals surface area contributed by atoms with Gasteiger partial charge in [-0.05, 0) is 49.9 Å². The average molecular weight is 258 g/mol. The molecule has 1 aromatic carbocycles. The number of carbonyl (C=O) groups is 1. The normalized spacial score (nSPS) is 18.3. The number of esters is 1. The van der Waals surface area contributed by atoms with Gasteiger partial charge in [-0.1, -0.05) is 0 Å². The lowest BCUT2D eigenvalue weighted by Gasteiger charge is -2.18. The summed E-state index contributed by atoms with van der Waals surface area (Å²) in [5, 5.41) is 1.11. The van der Waals surface area contributed by atoms with Gasteiger partial charge in [0.15, 0.2) is 0 Å². The summed E-state index contributed by atoms with van der Waals surface area (Å²) < 4.78 is 5.04. The number of hydrogen-bond donors (Lipinski definition) is 2. The number of H-pyrrole nitrogens is 1. The van der Waals surface area contributed by atoms with Crippen molar-refractivity contribution in [1.82, 2.24) is 4.98 Å². The van der Waals surface area contributed by atoms with E-state index in [1.807, 2.05) is 25.1 Å². The largest absolute Gasteiger partial charge is 0.462 e. The first-order valence-electron chi connectivity index (χ1n) is 6.75. The summed E-state index contributed by atoms with van der Waals surface area (Å²) >= 11 is 0. The highest BCUT2D eigenvalue weighted by Crippen LogP contribution is 2.29. The Hall–Kier alpha value is -1.81. The number of nitrogens with two attached hydrogens (primary N) is 1. The van der Waals surface area contributed by atoms with Crippen LogP contribution in [0.4, 0.5) is 0 Å². The smallest absolute Gasteiger partial charge is 0.338 e. The van der Waals surface area contributed by atoms with Crippen LogP contribution in [0.2, 0.25) is 0 Å². The molecule has 19 heavy (non-hydrogen) atoms. The van der Waals surface area contributed by atoms with Crippen LogP contribution < -0.4 is 5.73 Å². The van der Waals surface area contributed by atoms with Gasteiger partial charge < -0.3 is 15.5 Å². The van der Waals surface area contributed by atoms with E-state index < -0.39 is 0 Å². The topological polar surface area (TPSA) is 68.1 Å². The maximum atomic E-state index is 11.8. The van der Waals surface area contributed by atoms with E-state index in [-0.39, 0.29) is 12.0 Å². The molecule has 1 aliphatic carbocycles. The third kappa shape index (κ3) is 2.12. The number of aryl methyl sites for hydroxylation is 1. The molecule has 100 valence electrons.